The van der Waals surface area contributed by atoms with Crippen molar-refractivity contribution in [3.8, 4) is 0 Å². The Hall–Kier alpha value is -0.940. The zero-order valence-corrected chi connectivity index (χ0v) is 10.9. The number of carbonyl (C=O) groups is 1. The van der Waals surface area contributed by atoms with Crippen LogP contribution in [0.2, 0.25) is 0 Å². The minimum atomic E-state index is -0.318. The molecule has 16 heavy (non-hydrogen) atoms. The smallest absolute Gasteiger partial charge is 0.320 e. The summed E-state index contributed by atoms with van der Waals surface area (Å²) in [7, 11) is 1.38. The van der Waals surface area contributed by atoms with E-state index in [0.717, 1.165) is 5.56 Å². The van der Waals surface area contributed by atoms with Gasteiger partial charge in [0.15, 0.2) is 0 Å². The lowest BCUT2D eigenvalue weighted by Crippen LogP contribution is -2.31. The molecule has 0 saturated carbocycles. The first kappa shape index (κ1) is 13.1. The second-order valence-corrected chi connectivity index (χ2v) is 4.51. The van der Waals surface area contributed by atoms with Crippen LogP contribution in [0.3, 0.4) is 0 Å². The Morgan fingerprint density at radius 1 is 1.56 bits per heavy atom. The van der Waals surface area contributed by atoms with Crippen LogP contribution in [0.4, 0.5) is 0 Å². The van der Waals surface area contributed by atoms with Gasteiger partial charge in [-0.2, -0.15) is 0 Å². The molecule has 0 fully saturated rings. The Morgan fingerprint density at radius 2 is 2.19 bits per heavy atom. The Bertz CT molecular complexity index is 332. The SMILES string of the molecule is COC(=O)C(Br)CN[C@H](C)c1ccncc1. The summed E-state index contributed by atoms with van der Waals surface area (Å²) in [4.78, 5) is 14.8. The van der Waals surface area contributed by atoms with E-state index in [1.165, 1.54) is 7.11 Å². The number of aromatic nitrogens is 1. The molecule has 0 bridgehead atoms. The van der Waals surface area contributed by atoms with Crippen LogP contribution in [-0.4, -0.2) is 29.4 Å². The van der Waals surface area contributed by atoms with E-state index >= 15 is 0 Å². The fourth-order valence-electron chi connectivity index (χ4n) is 1.26. The van der Waals surface area contributed by atoms with E-state index in [1.54, 1.807) is 12.4 Å². The Balaban J connectivity index is 2.41. The Morgan fingerprint density at radius 3 is 2.75 bits per heavy atom. The number of carbonyl (C=O) groups excluding carboxylic acids is 1. The third-order valence-corrected chi connectivity index (χ3v) is 2.96. The van der Waals surface area contributed by atoms with Crippen LogP contribution in [0.25, 0.3) is 0 Å². The molecule has 1 unspecified atom stereocenters. The number of alkyl halides is 1. The molecule has 1 rings (SSSR count). The highest BCUT2D eigenvalue weighted by molar-refractivity contribution is 9.10. The van der Waals surface area contributed by atoms with Gasteiger partial charge >= 0.3 is 5.97 Å². The van der Waals surface area contributed by atoms with E-state index in [2.05, 4.69) is 31.0 Å². The third-order valence-electron chi connectivity index (χ3n) is 2.27. The van der Waals surface area contributed by atoms with Crippen molar-refractivity contribution < 1.29 is 9.53 Å². The van der Waals surface area contributed by atoms with Gasteiger partial charge < -0.3 is 10.1 Å². The van der Waals surface area contributed by atoms with E-state index in [9.17, 15) is 4.79 Å². The van der Waals surface area contributed by atoms with Gasteiger partial charge in [0.05, 0.1) is 7.11 Å². The van der Waals surface area contributed by atoms with Gasteiger partial charge in [-0.1, -0.05) is 15.9 Å². The molecule has 0 saturated heterocycles. The molecule has 1 aromatic heterocycles. The third kappa shape index (κ3) is 3.90. The topological polar surface area (TPSA) is 51.2 Å². The maximum absolute atomic E-state index is 11.1. The van der Waals surface area contributed by atoms with Crippen LogP contribution in [0, 0.1) is 0 Å². The summed E-state index contributed by atoms with van der Waals surface area (Å²) in [5, 5.41) is 3.24. The zero-order valence-electron chi connectivity index (χ0n) is 9.31. The number of esters is 1. The van der Waals surface area contributed by atoms with Crippen molar-refractivity contribution >= 4 is 21.9 Å². The van der Waals surface area contributed by atoms with Crippen molar-refractivity contribution in [3.05, 3.63) is 30.1 Å². The summed E-state index contributed by atoms with van der Waals surface area (Å²) < 4.78 is 4.61. The standard InChI is InChI=1S/C11H15BrN2O2/c1-8(9-3-5-13-6-4-9)14-7-10(12)11(15)16-2/h3-6,8,10,14H,7H2,1-2H3/t8-,10?/m1/s1. The molecule has 4 nitrogen and oxygen atoms in total. The molecule has 1 aromatic rings. The summed E-state index contributed by atoms with van der Waals surface area (Å²) in [6.45, 7) is 2.56. The molecule has 0 radical (unpaired) electrons. The molecular formula is C11H15BrN2O2. The van der Waals surface area contributed by atoms with Crippen molar-refractivity contribution in [3.63, 3.8) is 0 Å². The van der Waals surface area contributed by atoms with Crippen molar-refractivity contribution in [1.82, 2.24) is 10.3 Å². The summed E-state index contributed by atoms with van der Waals surface area (Å²) in [5.41, 5.74) is 1.14. The van der Waals surface area contributed by atoms with E-state index in [4.69, 9.17) is 0 Å². The monoisotopic (exact) mass is 286 g/mol. The molecule has 1 heterocycles. The number of nitrogens with one attached hydrogen (secondary N) is 1. The van der Waals surface area contributed by atoms with Gasteiger partial charge in [0, 0.05) is 25.0 Å². The maximum atomic E-state index is 11.1. The molecule has 0 amide bonds. The first-order valence-electron chi connectivity index (χ1n) is 5.00. The van der Waals surface area contributed by atoms with Crippen LogP contribution < -0.4 is 5.32 Å². The lowest BCUT2D eigenvalue weighted by Gasteiger charge is -2.15. The highest BCUT2D eigenvalue weighted by Crippen LogP contribution is 2.11. The average molecular weight is 287 g/mol. The molecule has 0 spiro atoms. The van der Waals surface area contributed by atoms with Crippen LogP contribution in [0.15, 0.2) is 24.5 Å². The number of pyridine rings is 1. The molecule has 0 aromatic carbocycles. The summed E-state index contributed by atoms with van der Waals surface area (Å²) in [6, 6.07) is 4.06. The lowest BCUT2D eigenvalue weighted by molar-refractivity contribution is -0.139. The number of methoxy groups -OCH3 is 1. The second kappa shape index (κ2) is 6.60. The molecule has 2 atom stereocenters. The van der Waals surface area contributed by atoms with Crippen LogP contribution >= 0.6 is 15.9 Å². The molecule has 0 aliphatic heterocycles. The van der Waals surface area contributed by atoms with E-state index in [0.29, 0.717) is 6.54 Å². The van der Waals surface area contributed by atoms with Crippen molar-refractivity contribution in [1.29, 1.82) is 0 Å². The van der Waals surface area contributed by atoms with Gasteiger partial charge in [0.25, 0.3) is 0 Å². The van der Waals surface area contributed by atoms with Crippen LogP contribution in [0.1, 0.15) is 18.5 Å². The number of rotatable bonds is 5. The van der Waals surface area contributed by atoms with Crippen LogP contribution in [0.5, 0.6) is 0 Å². The number of hydrogen-bond acceptors (Lipinski definition) is 4. The molecule has 1 N–H and O–H groups in total. The Labute approximate surface area is 104 Å². The molecule has 5 heteroatoms. The van der Waals surface area contributed by atoms with Gasteiger partial charge in [-0.3, -0.25) is 9.78 Å². The molecular weight excluding hydrogens is 272 g/mol. The first-order valence-corrected chi connectivity index (χ1v) is 5.92. The summed E-state index contributed by atoms with van der Waals surface area (Å²) >= 11 is 3.26. The second-order valence-electron chi connectivity index (χ2n) is 3.40. The minimum Gasteiger partial charge on any atom is -0.468 e. The van der Waals surface area contributed by atoms with Gasteiger partial charge in [-0.25, -0.2) is 0 Å². The maximum Gasteiger partial charge on any atom is 0.320 e. The highest BCUT2D eigenvalue weighted by Gasteiger charge is 2.16. The summed E-state index contributed by atoms with van der Waals surface area (Å²) in [5.74, 6) is -0.269. The Kier molecular flexibility index (Phi) is 5.42. The van der Waals surface area contributed by atoms with Crippen LogP contribution in [-0.2, 0) is 9.53 Å². The number of nitrogens with zero attached hydrogens (tertiary/aromatic N) is 1. The number of hydrogen-bond donors (Lipinski definition) is 1. The minimum absolute atomic E-state index is 0.174. The predicted octanol–water partition coefficient (Wildman–Crippen LogP) is 1.67. The van der Waals surface area contributed by atoms with Gasteiger partial charge in [0.2, 0.25) is 0 Å². The van der Waals surface area contributed by atoms with Gasteiger partial charge in [0.1, 0.15) is 4.83 Å². The number of ether oxygens (including phenoxy) is 1. The predicted molar refractivity (Wildman–Crippen MR) is 65.4 cm³/mol. The zero-order chi connectivity index (χ0) is 12.0. The first-order chi connectivity index (χ1) is 7.65. The normalized spacial score (nSPS) is 14.2. The fraction of sp³-hybridized carbons (Fsp3) is 0.455. The van der Waals surface area contributed by atoms with Crippen molar-refractivity contribution in [2.75, 3.05) is 13.7 Å². The van der Waals surface area contributed by atoms with E-state index in [1.807, 2.05) is 19.1 Å². The van der Waals surface area contributed by atoms with Crippen molar-refractivity contribution in [2.24, 2.45) is 0 Å². The van der Waals surface area contributed by atoms with E-state index in [-0.39, 0.29) is 16.8 Å². The largest absolute Gasteiger partial charge is 0.468 e. The quantitative estimate of drug-likeness (QED) is 0.661. The number of halogens is 1. The molecule has 88 valence electrons. The van der Waals surface area contributed by atoms with Gasteiger partial charge in [-0.15, -0.1) is 0 Å². The van der Waals surface area contributed by atoms with Crippen molar-refractivity contribution in [2.45, 2.75) is 17.8 Å². The average Bonchev–Trinajstić information content (AvgIpc) is 2.35. The van der Waals surface area contributed by atoms with E-state index < -0.39 is 0 Å². The highest BCUT2D eigenvalue weighted by atomic mass is 79.9. The lowest BCUT2D eigenvalue weighted by atomic mass is 10.1. The molecule has 0 aliphatic carbocycles. The summed E-state index contributed by atoms with van der Waals surface area (Å²) in [6.07, 6.45) is 3.50. The fourth-order valence-corrected chi connectivity index (χ4v) is 1.64. The van der Waals surface area contributed by atoms with Gasteiger partial charge in [-0.05, 0) is 24.6 Å². The molecule has 0 aliphatic rings.